The number of amides is 1. The van der Waals surface area contributed by atoms with Gasteiger partial charge in [-0.05, 0) is 12.0 Å². The number of aliphatic hydroxyl groups is 1. The van der Waals surface area contributed by atoms with Crippen LogP contribution in [0.1, 0.15) is 38.1 Å². The molecule has 0 spiro atoms. The third kappa shape index (κ3) is 4.67. The molecule has 0 heterocycles. The predicted octanol–water partition coefficient (Wildman–Crippen LogP) is 2.43. The second kappa shape index (κ2) is 7.61. The van der Waals surface area contributed by atoms with E-state index in [1.54, 1.807) is 25.1 Å². The molecule has 2 N–H and O–H groups in total. The van der Waals surface area contributed by atoms with Gasteiger partial charge in [0.2, 0.25) is 0 Å². The molecule has 0 bridgehead atoms. The summed E-state index contributed by atoms with van der Waals surface area (Å²) in [7, 11) is 3.54. The van der Waals surface area contributed by atoms with Gasteiger partial charge in [0.15, 0.2) is 0 Å². The average molecular weight is 337 g/mol. The molecule has 0 aliphatic heterocycles. The largest absolute Gasteiger partial charge is 0.392 e. The lowest BCUT2D eigenvalue weighted by molar-refractivity contribution is -0.384. The van der Waals surface area contributed by atoms with E-state index in [0.29, 0.717) is 5.69 Å². The Morgan fingerprint density at radius 1 is 1.38 bits per heavy atom. The summed E-state index contributed by atoms with van der Waals surface area (Å²) in [5.41, 5.74) is 0.194. The predicted molar refractivity (Wildman–Crippen MR) is 94.4 cm³/mol. The monoisotopic (exact) mass is 337 g/mol. The van der Waals surface area contributed by atoms with Gasteiger partial charge in [-0.2, -0.15) is 0 Å². The van der Waals surface area contributed by atoms with Gasteiger partial charge >= 0.3 is 0 Å². The Hall–Kier alpha value is -2.15. The first kappa shape index (κ1) is 19.9. The zero-order valence-corrected chi connectivity index (χ0v) is 15.2. The first-order valence-electron chi connectivity index (χ1n) is 7.89. The SMILES string of the molecule is CC(C)C(O)C(C)(C)CNC(=O)c1cc([N+](=O)[O-])ccc1N(C)C. The van der Waals surface area contributed by atoms with Crippen LogP contribution in [0, 0.1) is 21.4 Å². The number of carbonyl (C=O) groups is 1. The van der Waals surface area contributed by atoms with E-state index in [4.69, 9.17) is 0 Å². The highest BCUT2D eigenvalue weighted by atomic mass is 16.6. The van der Waals surface area contributed by atoms with Crippen molar-refractivity contribution >= 4 is 17.3 Å². The normalized spacial score (nSPS) is 12.8. The van der Waals surface area contributed by atoms with E-state index in [0.717, 1.165) is 0 Å². The van der Waals surface area contributed by atoms with Crippen LogP contribution in [0.5, 0.6) is 0 Å². The Balaban J connectivity index is 3.02. The second-order valence-electron chi connectivity index (χ2n) is 7.21. The van der Waals surface area contributed by atoms with E-state index in [-0.39, 0.29) is 23.7 Å². The van der Waals surface area contributed by atoms with Crippen LogP contribution in [0.2, 0.25) is 0 Å². The Morgan fingerprint density at radius 2 is 1.96 bits per heavy atom. The molecule has 1 aromatic carbocycles. The minimum absolute atomic E-state index is 0.0621. The molecule has 0 aliphatic carbocycles. The van der Waals surface area contributed by atoms with Crippen molar-refractivity contribution in [2.75, 3.05) is 25.5 Å². The molecule has 0 fully saturated rings. The molecular formula is C17H27N3O4. The number of non-ortho nitro benzene ring substituents is 1. The van der Waals surface area contributed by atoms with Crippen LogP contribution < -0.4 is 10.2 Å². The molecule has 1 rings (SSSR count). The fourth-order valence-electron chi connectivity index (χ4n) is 2.62. The highest BCUT2D eigenvalue weighted by Crippen LogP contribution is 2.27. The van der Waals surface area contributed by atoms with Crippen LogP contribution in [0.4, 0.5) is 11.4 Å². The Labute approximate surface area is 142 Å². The highest BCUT2D eigenvalue weighted by Gasteiger charge is 2.31. The third-order valence-electron chi connectivity index (χ3n) is 4.05. The summed E-state index contributed by atoms with van der Waals surface area (Å²) in [5, 5.41) is 24.0. The number of hydrogen-bond donors (Lipinski definition) is 2. The second-order valence-corrected chi connectivity index (χ2v) is 7.21. The molecule has 134 valence electrons. The van der Waals surface area contributed by atoms with Crippen LogP contribution in [-0.4, -0.2) is 42.7 Å². The lowest BCUT2D eigenvalue weighted by Crippen LogP contribution is -2.43. The number of carbonyl (C=O) groups excluding carboxylic acids is 1. The van der Waals surface area contributed by atoms with Crippen LogP contribution in [0.15, 0.2) is 18.2 Å². The van der Waals surface area contributed by atoms with E-state index < -0.39 is 22.3 Å². The molecular weight excluding hydrogens is 310 g/mol. The number of nitrogens with one attached hydrogen (secondary N) is 1. The van der Waals surface area contributed by atoms with Gasteiger partial charge < -0.3 is 15.3 Å². The molecule has 0 aromatic heterocycles. The lowest BCUT2D eigenvalue weighted by atomic mass is 9.80. The molecule has 0 radical (unpaired) electrons. The number of aliphatic hydroxyl groups excluding tert-OH is 1. The molecule has 1 aromatic rings. The lowest BCUT2D eigenvalue weighted by Gasteiger charge is -2.33. The number of anilines is 1. The summed E-state index contributed by atoms with van der Waals surface area (Å²) in [4.78, 5) is 24.7. The van der Waals surface area contributed by atoms with E-state index >= 15 is 0 Å². The zero-order chi connectivity index (χ0) is 18.7. The highest BCUT2D eigenvalue weighted by molar-refractivity contribution is 6.00. The minimum atomic E-state index is -0.573. The van der Waals surface area contributed by atoms with Crippen LogP contribution in [0.3, 0.4) is 0 Å². The van der Waals surface area contributed by atoms with Crippen LogP contribution in [-0.2, 0) is 0 Å². The number of nitro groups is 1. The Morgan fingerprint density at radius 3 is 2.42 bits per heavy atom. The fourth-order valence-corrected chi connectivity index (χ4v) is 2.62. The maximum atomic E-state index is 12.5. The van der Waals surface area contributed by atoms with Gasteiger partial charge in [-0.25, -0.2) is 0 Å². The molecule has 0 saturated carbocycles. The molecule has 1 amide bonds. The first-order chi connectivity index (χ1) is 11.0. The fraction of sp³-hybridized carbons (Fsp3) is 0.588. The average Bonchev–Trinajstić information content (AvgIpc) is 2.50. The molecule has 0 aliphatic rings. The van der Waals surface area contributed by atoms with Gasteiger partial charge in [0.25, 0.3) is 11.6 Å². The van der Waals surface area contributed by atoms with Crippen LogP contribution in [0.25, 0.3) is 0 Å². The zero-order valence-electron chi connectivity index (χ0n) is 15.2. The van der Waals surface area contributed by atoms with Crippen molar-refractivity contribution in [2.45, 2.75) is 33.8 Å². The van der Waals surface area contributed by atoms with Crippen molar-refractivity contribution in [3.63, 3.8) is 0 Å². The van der Waals surface area contributed by atoms with Gasteiger partial charge in [0.05, 0.1) is 16.6 Å². The maximum Gasteiger partial charge on any atom is 0.270 e. The van der Waals surface area contributed by atoms with Crippen molar-refractivity contribution in [2.24, 2.45) is 11.3 Å². The summed E-state index contributed by atoms with van der Waals surface area (Å²) in [5.74, 6) is -0.335. The summed E-state index contributed by atoms with van der Waals surface area (Å²) >= 11 is 0. The molecule has 24 heavy (non-hydrogen) atoms. The first-order valence-corrected chi connectivity index (χ1v) is 7.89. The van der Waals surface area contributed by atoms with Crippen LogP contribution >= 0.6 is 0 Å². The number of hydrogen-bond acceptors (Lipinski definition) is 5. The standard InChI is InChI=1S/C17H27N3O4/c1-11(2)15(21)17(3,4)10-18-16(22)13-9-12(20(23)24)7-8-14(13)19(5)6/h7-9,11,15,21H,10H2,1-6H3,(H,18,22). The molecule has 7 heteroatoms. The number of rotatable bonds is 7. The van der Waals surface area contributed by atoms with E-state index in [1.165, 1.54) is 12.1 Å². The summed E-state index contributed by atoms with van der Waals surface area (Å²) in [6, 6.07) is 4.20. The minimum Gasteiger partial charge on any atom is -0.392 e. The summed E-state index contributed by atoms with van der Waals surface area (Å²) in [6.45, 7) is 7.84. The van der Waals surface area contributed by atoms with Gasteiger partial charge in [0.1, 0.15) is 0 Å². The van der Waals surface area contributed by atoms with Gasteiger partial charge in [-0.1, -0.05) is 27.7 Å². The Kier molecular flexibility index (Phi) is 6.31. The van der Waals surface area contributed by atoms with Crippen molar-refractivity contribution in [3.8, 4) is 0 Å². The third-order valence-corrected chi connectivity index (χ3v) is 4.05. The van der Waals surface area contributed by atoms with E-state index in [9.17, 15) is 20.0 Å². The van der Waals surface area contributed by atoms with Crippen molar-refractivity contribution in [1.29, 1.82) is 0 Å². The van der Waals surface area contributed by atoms with E-state index in [1.807, 2.05) is 27.7 Å². The molecule has 0 saturated heterocycles. The van der Waals surface area contributed by atoms with Gasteiger partial charge in [-0.15, -0.1) is 0 Å². The molecule has 1 atom stereocenters. The quantitative estimate of drug-likeness (QED) is 0.588. The number of nitrogens with zero attached hydrogens (tertiary/aromatic N) is 2. The maximum absolute atomic E-state index is 12.5. The number of nitro benzene ring substituents is 1. The van der Waals surface area contributed by atoms with E-state index in [2.05, 4.69) is 5.32 Å². The van der Waals surface area contributed by atoms with Gasteiger partial charge in [-0.3, -0.25) is 14.9 Å². The van der Waals surface area contributed by atoms with Gasteiger partial charge in [0, 0.05) is 43.9 Å². The van der Waals surface area contributed by atoms with Crippen molar-refractivity contribution < 1.29 is 14.8 Å². The molecule has 1 unspecified atom stereocenters. The topological polar surface area (TPSA) is 95.7 Å². The summed E-state index contributed by atoms with van der Waals surface area (Å²) < 4.78 is 0. The molecule has 7 nitrogen and oxygen atoms in total. The summed E-state index contributed by atoms with van der Waals surface area (Å²) in [6.07, 6.45) is -0.573. The Bertz CT molecular complexity index is 612. The van der Waals surface area contributed by atoms with Crippen molar-refractivity contribution in [3.05, 3.63) is 33.9 Å². The number of benzene rings is 1. The smallest absolute Gasteiger partial charge is 0.270 e. The van der Waals surface area contributed by atoms with Crippen molar-refractivity contribution in [1.82, 2.24) is 5.32 Å².